The van der Waals surface area contributed by atoms with Crippen molar-refractivity contribution in [2.24, 2.45) is 0 Å². The van der Waals surface area contributed by atoms with Gasteiger partial charge in [-0.2, -0.15) is 0 Å². The molecule has 0 saturated carbocycles. The lowest BCUT2D eigenvalue weighted by atomic mass is 10.1. The molecule has 0 amide bonds. The summed E-state index contributed by atoms with van der Waals surface area (Å²) in [6, 6.07) is 16.0. The Morgan fingerprint density at radius 1 is 0.810 bits per heavy atom. The molecule has 3 rings (SSSR count). The zero-order valence-corrected chi connectivity index (χ0v) is 12.6. The molecule has 21 heavy (non-hydrogen) atoms. The van der Waals surface area contributed by atoms with Crippen molar-refractivity contribution in [1.82, 2.24) is 0 Å². The fraction of sp³-hybridized carbons (Fsp3) is 0.0588. The van der Waals surface area contributed by atoms with Gasteiger partial charge in [-0.15, -0.1) is 0 Å². The van der Waals surface area contributed by atoms with E-state index < -0.39 is 11.6 Å². The predicted molar refractivity (Wildman–Crippen MR) is 85.3 cm³/mol. The van der Waals surface area contributed by atoms with Crippen molar-refractivity contribution in [3.05, 3.63) is 76.3 Å². The van der Waals surface area contributed by atoms with Crippen molar-refractivity contribution in [2.75, 3.05) is 5.32 Å². The molecular formula is C17H12BrF2N. The van der Waals surface area contributed by atoms with Gasteiger partial charge in [-0.05, 0) is 52.7 Å². The van der Waals surface area contributed by atoms with E-state index in [1.165, 1.54) is 6.07 Å². The molecule has 4 heteroatoms. The van der Waals surface area contributed by atoms with Crippen LogP contribution in [0.4, 0.5) is 14.5 Å². The average Bonchev–Trinajstić information content (AvgIpc) is 2.48. The standard InChI is InChI=1S/C17H12BrF2N/c18-14-4-2-13-9-15(5-3-12(13)8-14)21-10-11-1-6-16(19)17(20)7-11/h1-9,21H,10H2. The van der Waals surface area contributed by atoms with Crippen molar-refractivity contribution in [3.63, 3.8) is 0 Å². The normalized spacial score (nSPS) is 10.8. The Balaban J connectivity index is 1.78. The summed E-state index contributed by atoms with van der Waals surface area (Å²) in [5, 5.41) is 5.47. The van der Waals surface area contributed by atoms with Gasteiger partial charge in [-0.1, -0.05) is 34.1 Å². The van der Waals surface area contributed by atoms with E-state index in [2.05, 4.69) is 27.3 Å². The van der Waals surface area contributed by atoms with Crippen LogP contribution in [0.3, 0.4) is 0 Å². The highest BCUT2D eigenvalue weighted by Crippen LogP contribution is 2.23. The molecule has 0 heterocycles. The fourth-order valence-electron chi connectivity index (χ4n) is 2.18. The molecule has 0 fully saturated rings. The highest BCUT2D eigenvalue weighted by molar-refractivity contribution is 9.10. The topological polar surface area (TPSA) is 12.0 Å². The van der Waals surface area contributed by atoms with Crippen LogP contribution in [-0.2, 0) is 6.54 Å². The van der Waals surface area contributed by atoms with Crippen LogP contribution in [0.1, 0.15) is 5.56 Å². The maximum atomic E-state index is 13.1. The molecule has 3 aromatic carbocycles. The van der Waals surface area contributed by atoms with E-state index >= 15 is 0 Å². The van der Waals surface area contributed by atoms with Gasteiger partial charge >= 0.3 is 0 Å². The molecule has 0 unspecified atom stereocenters. The monoisotopic (exact) mass is 347 g/mol. The van der Waals surface area contributed by atoms with Crippen LogP contribution in [0.15, 0.2) is 59.1 Å². The van der Waals surface area contributed by atoms with Crippen molar-refractivity contribution >= 4 is 32.4 Å². The first-order valence-corrected chi connectivity index (χ1v) is 7.28. The lowest BCUT2D eigenvalue weighted by Crippen LogP contribution is -2.00. The third-order valence-electron chi connectivity index (χ3n) is 3.28. The molecule has 0 atom stereocenters. The molecule has 0 aromatic heterocycles. The van der Waals surface area contributed by atoms with Gasteiger partial charge in [0.25, 0.3) is 0 Å². The second-order valence-corrected chi connectivity index (χ2v) is 5.72. The largest absolute Gasteiger partial charge is 0.381 e. The molecule has 0 aliphatic heterocycles. The van der Waals surface area contributed by atoms with E-state index in [0.717, 1.165) is 27.0 Å². The second kappa shape index (κ2) is 5.82. The maximum absolute atomic E-state index is 13.1. The minimum absolute atomic E-state index is 0.444. The summed E-state index contributed by atoms with van der Waals surface area (Å²) in [6.07, 6.45) is 0. The maximum Gasteiger partial charge on any atom is 0.159 e. The van der Waals surface area contributed by atoms with Gasteiger partial charge in [0.15, 0.2) is 11.6 Å². The molecule has 0 aliphatic rings. The third-order valence-corrected chi connectivity index (χ3v) is 3.78. The van der Waals surface area contributed by atoms with Crippen LogP contribution in [0.5, 0.6) is 0 Å². The Morgan fingerprint density at radius 3 is 2.38 bits per heavy atom. The SMILES string of the molecule is Fc1ccc(CNc2ccc3cc(Br)ccc3c2)cc1F. The number of benzene rings is 3. The lowest BCUT2D eigenvalue weighted by molar-refractivity contribution is 0.507. The number of anilines is 1. The number of hydrogen-bond donors (Lipinski definition) is 1. The Labute approximate surface area is 129 Å². The second-order valence-electron chi connectivity index (χ2n) is 4.81. The van der Waals surface area contributed by atoms with Crippen LogP contribution in [0.2, 0.25) is 0 Å². The number of halogens is 3. The molecule has 1 N–H and O–H groups in total. The van der Waals surface area contributed by atoms with Gasteiger partial charge in [0.1, 0.15) is 0 Å². The van der Waals surface area contributed by atoms with E-state index in [-0.39, 0.29) is 0 Å². The highest BCUT2D eigenvalue weighted by atomic mass is 79.9. The van der Waals surface area contributed by atoms with E-state index in [1.807, 2.05) is 30.3 Å². The zero-order chi connectivity index (χ0) is 14.8. The highest BCUT2D eigenvalue weighted by Gasteiger charge is 2.03. The molecule has 0 bridgehead atoms. The quantitative estimate of drug-likeness (QED) is 0.660. The van der Waals surface area contributed by atoms with E-state index in [4.69, 9.17) is 0 Å². The van der Waals surface area contributed by atoms with E-state index in [9.17, 15) is 8.78 Å². The predicted octanol–water partition coefficient (Wildman–Crippen LogP) is 5.49. The summed E-state index contributed by atoms with van der Waals surface area (Å²) < 4.78 is 27.1. The molecule has 0 spiro atoms. The smallest absolute Gasteiger partial charge is 0.159 e. The Hall–Kier alpha value is -1.94. The minimum Gasteiger partial charge on any atom is -0.381 e. The number of hydrogen-bond acceptors (Lipinski definition) is 1. The van der Waals surface area contributed by atoms with E-state index in [0.29, 0.717) is 12.1 Å². The summed E-state index contributed by atoms with van der Waals surface area (Å²) >= 11 is 3.44. The summed E-state index contributed by atoms with van der Waals surface area (Å²) in [6.45, 7) is 0.444. The van der Waals surface area contributed by atoms with Gasteiger partial charge < -0.3 is 5.32 Å². The molecule has 0 saturated heterocycles. The average molecular weight is 348 g/mol. The van der Waals surface area contributed by atoms with Crippen LogP contribution in [-0.4, -0.2) is 0 Å². The molecule has 106 valence electrons. The van der Waals surface area contributed by atoms with Crippen LogP contribution < -0.4 is 5.32 Å². The first-order valence-electron chi connectivity index (χ1n) is 6.49. The zero-order valence-electron chi connectivity index (χ0n) is 11.0. The molecule has 3 aromatic rings. The first kappa shape index (κ1) is 14.0. The molecule has 0 aliphatic carbocycles. The molecule has 1 nitrogen and oxygen atoms in total. The van der Waals surface area contributed by atoms with E-state index in [1.54, 1.807) is 6.07 Å². The van der Waals surface area contributed by atoms with Gasteiger partial charge in [-0.25, -0.2) is 8.78 Å². The Morgan fingerprint density at radius 2 is 1.57 bits per heavy atom. The van der Waals surface area contributed by atoms with Crippen LogP contribution in [0.25, 0.3) is 10.8 Å². The van der Waals surface area contributed by atoms with Crippen molar-refractivity contribution < 1.29 is 8.78 Å². The number of fused-ring (bicyclic) bond motifs is 1. The number of nitrogens with one attached hydrogen (secondary N) is 1. The van der Waals surface area contributed by atoms with Crippen LogP contribution >= 0.6 is 15.9 Å². The van der Waals surface area contributed by atoms with Gasteiger partial charge in [0.2, 0.25) is 0 Å². The van der Waals surface area contributed by atoms with Gasteiger partial charge in [0, 0.05) is 16.7 Å². The van der Waals surface area contributed by atoms with Gasteiger partial charge in [-0.3, -0.25) is 0 Å². The minimum atomic E-state index is -0.824. The Kier molecular flexibility index (Phi) is 3.88. The first-order chi connectivity index (χ1) is 10.1. The lowest BCUT2D eigenvalue weighted by Gasteiger charge is -2.08. The van der Waals surface area contributed by atoms with Crippen molar-refractivity contribution in [3.8, 4) is 0 Å². The molecule has 0 radical (unpaired) electrons. The summed E-state index contributed by atoms with van der Waals surface area (Å²) in [7, 11) is 0. The summed E-state index contributed by atoms with van der Waals surface area (Å²) in [4.78, 5) is 0. The third kappa shape index (κ3) is 3.22. The molecular weight excluding hydrogens is 336 g/mol. The Bertz CT molecular complexity index is 802. The van der Waals surface area contributed by atoms with Gasteiger partial charge in [0.05, 0.1) is 0 Å². The summed E-state index contributed by atoms with van der Waals surface area (Å²) in [5.41, 5.74) is 1.64. The fourth-order valence-corrected chi connectivity index (χ4v) is 2.56. The van der Waals surface area contributed by atoms with Crippen molar-refractivity contribution in [1.29, 1.82) is 0 Å². The van der Waals surface area contributed by atoms with Crippen LogP contribution in [0, 0.1) is 11.6 Å². The summed E-state index contributed by atoms with van der Waals surface area (Å²) in [5.74, 6) is -1.65. The van der Waals surface area contributed by atoms with Crippen molar-refractivity contribution in [2.45, 2.75) is 6.54 Å². The number of rotatable bonds is 3.